The van der Waals surface area contributed by atoms with Crippen molar-refractivity contribution in [3.63, 3.8) is 0 Å². The topological polar surface area (TPSA) is 20.2 Å². The van der Waals surface area contributed by atoms with Gasteiger partial charge in [-0.1, -0.05) is 6.58 Å². The normalized spacial score (nSPS) is 9.83. The van der Waals surface area contributed by atoms with E-state index in [0.717, 1.165) is 4.90 Å². The van der Waals surface area contributed by atoms with E-state index in [1.807, 2.05) is 6.26 Å². The Kier molecular flexibility index (Phi) is 2.76. The SMILES string of the molecule is C=C(O)c1cc(SC)ccc1F. The van der Waals surface area contributed by atoms with Crippen molar-refractivity contribution in [2.45, 2.75) is 4.90 Å². The molecule has 1 aromatic carbocycles. The lowest BCUT2D eigenvalue weighted by Gasteiger charge is -2.02. The zero-order valence-corrected chi connectivity index (χ0v) is 7.49. The quantitative estimate of drug-likeness (QED) is 0.563. The van der Waals surface area contributed by atoms with E-state index >= 15 is 0 Å². The van der Waals surface area contributed by atoms with Crippen molar-refractivity contribution in [2.24, 2.45) is 0 Å². The number of aliphatic hydroxyl groups excluding tert-OH is 1. The zero-order valence-electron chi connectivity index (χ0n) is 6.67. The average Bonchev–Trinajstić information content (AvgIpc) is 2.05. The summed E-state index contributed by atoms with van der Waals surface area (Å²) < 4.78 is 12.9. The number of thioether (sulfide) groups is 1. The second-order valence-electron chi connectivity index (χ2n) is 2.29. The van der Waals surface area contributed by atoms with Crippen molar-refractivity contribution in [1.82, 2.24) is 0 Å². The Labute approximate surface area is 74.9 Å². The minimum absolute atomic E-state index is 0.168. The van der Waals surface area contributed by atoms with Crippen molar-refractivity contribution < 1.29 is 9.50 Å². The van der Waals surface area contributed by atoms with Gasteiger partial charge in [-0.3, -0.25) is 0 Å². The van der Waals surface area contributed by atoms with Crippen LogP contribution in [-0.4, -0.2) is 11.4 Å². The third-order valence-electron chi connectivity index (χ3n) is 1.48. The molecule has 64 valence electrons. The summed E-state index contributed by atoms with van der Waals surface area (Å²) in [4.78, 5) is 0.904. The van der Waals surface area contributed by atoms with Gasteiger partial charge in [-0.2, -0.15) is 0 Å². The van der Waals surface area contributed by atoms with E-state index in [9.17, 15) is 4.39 Å². The molecule has 0 saturated carbocycles. The molecule has 3 heteroatoms. The molecule has 0 bridgehead atoms. The number of rotatable bonds is 2. The second-order valence-corrected chi connectivity index (χ2v) is 3.17. The van der Waals surface area contributed by atoms with Gasteiger partial charge in [-0.05, 0) is 24.5 Å². The van der Waals surface area contributed by atoms with Gasteiger partial charge < -0.3 is 5.11 Å². The summed E-state index contributed by atoms with van der Waals surface area (Å²) in [5, 5.41) is 8.98. The van der Waals surface area contributed by atoms with E-state index in [-0.39, 0.29) is 11.3 Å². The number of aliphatic hydroxyl groups is 1. The summed E-state index contributed by atoms with van der Waals surface area (Å²) in [6.07, 6.45) is 1.89. The van der Waals surface area contributed by atoms with Crippen LogP contribution in [0.2, 0.25) is 0 Å². The van der Waals surface area contributed by atoms with Gasteiger partial charge in [0.2, 0.25) is 0 Å². The molecule has 0 radical (unpaired) electrons. The molecule has 0 aliphatic rings. The van der Waals surface area contributed by atoms with E-state index in [2.05, 4.69) is 6.58 Å². The minimum Gasteiger partial charge on any atom is -0.508 e. The van der Waals surface area contributed by atoms with Gasteiger partial charge in [0.05, 0.1) is 5.56 Å². The smallest absolute Gasteiger partial charge is 0.134 e. The molecule has 1 rings (SSSR count). The van der Waals surface area contributed by atoms with E-state index in [1.54, 1.807) is 12.1 Å². The van der Waals surface area contributed by atoms with E-state index in [4.69, 9.17) is 5.11 Å². The van der Waals surface area contributed by atoms with Crippen LogP contribution >= 0.6 is 11.8 Å². The Bertz CT molecular complexity index is 309. The van der Waals surface area contributed by atoms with Crippen LogP contribution in [0.1, 0.15) is 5.56 Å². The number of hydrogen-bond acceptors (Lipinski definition) is 2. The highest BCUT2D eigenvalue weighted by Crippen LogP contribution is 2.21. The summed E-state index contributed by atoms with van der Waals surface area (Å²) >= 11 is 1.49. The number of halogens is 1. The van der Waals surface area contributed by atoms with Crippen LogP contribution in [-0.2, 0) is 0 Å². The van der Waals surface area contributed by atoms with Gasteiger partial charge >= 0.3 is 0 Å². The largest absolute Gasteiger partial charge is 0.508 e. The van der Waals surface area contributed by atoms with Gasteiger partial charge in [0.15, 0.2) is 0 Å². The van der Waals surface area contributed by atoms with Crippen molar-refractivity contribution in [3.05, 3.63) is 36.2 Å². The molecule has 0 amide bonds. The standard InChI is InChI=1S/C9H9FOS/c1-6(11)8-5-7(12-2)3-4-9(8)10/h3-5,11H,1H2,2H3. The lowest BCUT2D eigenvalue weighted by molar-refractivity contribution is 0.504. The van der Waals surface area contributed by atoms with Gasteiger partial charge in [0, 0.05) is 4.90 Å². The maximum atomic E-state index is 12.9. The maximum Gasteiger partial charge on any atom is 0.134 e. The van der Waals surface area contributed by atoms with Gasteiger partial charge in [0.1, 0.15) is 11.6 Å². The van der Waals surface area contributed by atoms with Crippen LogP contribution in [0.15, 0.2) is 29.7 Å². The lowest BCUT2D eigenvalue weighted by Crippen LogP contribution is -1.87. The number of hydrogen-bond donors (Lipinski definition) is 1. The van der Waals surface area contributed by atoms with Crippen molar-refractivity contribution in [2.75, 3.05) is 6.26 Å². The average molecular weight is 184 g/mol. The zero-order chi connectivity index (χ0) is 9.14. The molecule has 0 saturated heterocycles. The first kappa shape index (κ1) is 9.13. The highest BCUT2D eigenvalue weighted by Gasteiger charge is 2.04. The summed E-state index contributed by atoms with van der Waals surface area (Å²) in [5.41, 5.74) is 0.168. The van der Waals surface area contributed by atoms with Crippen molar-refractivity contribution in [1.29, 1.82) is 0 Å². The first-order valence-electron chi connectivity index (χ1n) is 3.37. The summed E-state index contributed by atoms with van der Waals surface area (Å²) in [5.74, 6) is -0.677. The summed E-state index contributed by atoms with van der Waals surface area (Å²) in [6, 6.07) is 4.55. The molecule has 0 unspecified atom stereocenters. The predicted molar refractivity (Wildman–Crippen MR) is 49.8 cm³/mol. The van der Waals surface area contributed by atoms with Crippen LogP contribution in [0.3, 0.4) is 0 Å². The summed E-state index contributed by atoms with van der Waals surface area (Å²) in [7, 11) is 0. The molecular formula is C9H9FOS. The molecule has 0 spiro atoms. The van der Waals surface area contributed by atoms with Crippen LogP contribution in [0, 0.1) is 5.82 Å². The molecule has 1 nitrogen and oxygen atoms in total. The Morgan fingerprint density at radius 1 is 1.58 bits per heavy atom. The molecular weight excluding hydrogens is 175 g/mol. The molecule has 1 aromatic rings. The van der Waals surface area contributed by atoms with Crippen LogP contribution in [0.4, 0.5) is 4.39 Å². The second kappa shape index (κ2) is 3.63. The fourth-order valence-electron chi connectivity index (χ4n) is 0.853. The minimum atomic E-state index is -0.444. The molecule has 0 aromatic heterocycles. The molecule has 0 aliphatic carbocycles. The summed E-state index contributed by atoms with van der Waals surface area (Å²) in [6.45, 7) is 3.27. The number of benzene rings is 1. The van der Waals surface area contributed by atoms with Gasteiger partial charge in [-0.25, -0.2) is 4.39 Å². The predicted octanol–water partition coefficient (Wildman–Crippen LogP) is 3.08. The maximum absolute atomic E-state index is 12.9. The highest BCUT2D eigenvalue weighted by atomic mass is 32.2. The Morgan fingerprint density at radius 2 is 2.25 bits per heavy atom. The Hall–Kier alpha value is -0.960. The van der Waals surface area contributed by atoms with Gasteiger partial charge in [-0.15, -0.1) is 11.8 Å². The van der Waals surface area contributed by atoms with Crippen LogP contribution in [0.5, 0.6) is 0 Å². The molecule has 0 atom stereocenters. The Morgan fingerprint density at radius 3 is 2.75 bits per heavy atom. The molecule has 0 heterocycles. The first-order chi connectivity index (χ1) is 5.65. The van der Waals surface area contributed by atoms with E-state index in [1.165, 1.54) is 17.8 Å². The fourth-order valence-corrected chi connectivity index (χ4v) is 1.29. The third-order valence-corrected chi connectivity index (χ3v) is 2.21. The molecule has 0 aliphatic heterocycles. The first-order valence-corrected chi connectivity index (χ1v) is 4.59. The molecule has 0 fully saturated rings. The third kappa shape index (κ3) is 1.80. The highest BCUT2D eigenvalue weighted by molar-refractivity contribution is 7.98. The van der Waals surface area contributed by atoms with Crippen LogP contribution < -0.4 is 0 Å². The molecule has 1 N–H and O–H groups in total. The fraction of sp³-hybridized carbons (Fsp3) is 0.111. The van der Waals surface area contributed by atoms with Crippen LogP contribution in [0.25, 0.3) is 5.76 Å². The molecule has 12 heavy (non-hydrogen) atoms. The monoisotopic (exact) mass is 184 g/mol. The van der Waals surface area contributed by atoms with Crippen molar-refractivity contribution in [3.8, 4) is 0 Å². The van der Waals surface area contributed by atoms with E-state index < -0.39 is 5.82 Å². The van der Waals surface area contributed by atoms with E-state index in [0.29, 0.717) is 0 Å². The Balaban J connectivity index is 3.17. The van der Waals surface area contributed by atoms with Gasteiger partial charge in [0.25, 0.3) is 0 Å². The lowest BCUT2D eigenvalue weighted by atomic mass is 10.2. The van der Waals surface area contributed by atoms with Crippen molar-refractivity contribution >= 4 is 17.5 Å².